The molecule has 0 radical (unpaired) electrons. The van der Waals surface area contributed by atoms with E-state index in [0.717, 1.165) is 11.3 Å². The van der Waals surface area contributed by atoms with Gasteiger partial charge in [-0.2, -0.15) is 0 Å². The Bertz CT molecular complexity index is 549. The molecule has 0 spiro atoms. The van der Waals surface area contributed by atoms with Crippen molar-refractivity contribution in [3.63, 3.8) is 0 Å². The average molecular weight is 255 g/mol. The second-order valence-corrected chi connectivity index (χ2v) is 4.55. The van der Waals surface area contributed by atoms with E-state index in [9.17, 15) is 9.90 Å². The van der Waals surface area contributed by atoms with Gasteiger partial charge >= 0.3 is 0 Å². The molecule has 0 heterocycles. The number of anilines is 1. The highest BCUT2D eigenvalue weighted by molar-refractivity contribution is 5.96. The Morgan fingerprint density at radius 1 is 1.05 bits per heavy atom. The summed E-state index contributed by atoms with van der Waals surface area (Å²) in [5, 5.41) is 10.1. The monoisotopic (exact) mass is 255 g/mol. The van der Waals surface area contributed by atoms with Crippen LogP contribution in [-0.2, 0) is 4.79 Å². The normalized spacial score (nSPS) is 11.9. The van der Waals surface area contributed by atoms with Crippen molar-refractivity contribution in [3.8, 4) is 0 Å². The van der Waals surface area contributed by atoms with Gasteiger partial charge in [0.2, 0.25) is 0 Å². The molecule has 19 heavy (non-hydrogen) atoms. The van der Waals surface area contributed by atoms with Crippen molar-refractivity contribution in [1.82, 2.24) is 0 Å². The Hall–Kier alpha value is -2.13. The maximum Gasteiger partial charge on any atom is 0.260 e. The van der Waals surface area contributed by atoms with Gasteiger partial charge in [-0.1, -0.05) is 48.0 Å². The van der Waals surface area contributed by atoms with E-state index in [1.807, 2.05) is 37.3 Å². The van der Waals surface area contributed by atoms with Crippen LogP contribution < -0.4 is 4.90 Å². The number of rotatable bonds is 3. The van der Waals surface area contributed by atoms with E-state index in [1.165, 1.54) is 4.90 Å². The highest BCUT2D eigenvalue weighted by Gasteiger charge is 2.21. The number of carbonyl (C=O) groups excluding carboxylic acids is 1. The molecular weight excluding hydrogens is 238 g/mol. The summed E-state index contributed by atoms with van der Waals surface area (Å²) in [6.07, 6.45) is -1.13. The second-order valence-electron chi connectivity index (χ2n) is 4.55. The first-order valence-corrected chi connectivity index (χ1v) is 6.17. The van der Waals surface area contributed by atoms with Crippen LogP contribution in [0.15, 0.2) is 54.6 Å². The van der Waals surface area contributed by atoms with Crippen LogP contribution >= 0.6 is 0 Å². The molecule has 0 aliphatic rings. The van der Waals surface area contributed by atoms with Gasteiger partial charge in [0.05, 0.1) is 0 Å². The van der Waals surface area contributed by atoms with Crippen molar-refractivity contribution in [2.45, 2.75) is 13.0 Å². The highest BCUT2D eigenvalue weighted by atomic mass is 16.3. The van der Waals surface area contributed by atoms with E-state index >= 15 is 0 Å². The van der Waals surface area contributed by atoms with E-state index in [4.69, 9.17) is 0 Å². The first-order chi connectivity index (χ1) is 9.09. The first kappa shape index (κ1) is 13.3. The van der Waals surface area contributed by atoms with Crippen molar-refractivity contribution in [2.75, 3.05) is 11.9 Å². The number of amides is 1. The number of aryl methyl sites for hydroxylation is 1. The lowest BCUT2D eigenvalue weighted by molar-refractivity contribution is -0.126. The maximum absolute atomic E-state index is 12.2. The number of benzene rings is 2. The minimum Gasteiger partial charge on any atom is -0.378 e. The van der Waals surface area contributed by atoms with Crippen LogP contribution in [0.3, 0.4) is 0 Å². The third kappa shape index (κ3) is 3.01. The van der Waals surface area contributed by atoms with Crippen molar-refractivity contribution >= 4 is 11.6 Å². The predicted octanol–water partition coefficient (Wildman–Crippen LogP) is 2.69. The molecule has 1 N–H and O–H groups in total. The molecule has 0 saturated heterocycles. The summed E-state index contributed by atoms with van der Waals surface area (Å²) in [6, 6.07) is 16.6. The van der Waals surface area contributed by atoms with Gasteiger partial charge in [0.25, 0.3) is 5.91 Å². The molecule has 0 aromatic heterocycles. The topological polar surface area (TPSA) is 40.5 Å². The zero-order valence-corrected chi connectivity index (χ0v) is 11.1. The quantitative estimate of drug-likeness (QED) is 0.916. The van der Waals surface area contributed by atoms with Crippen LogP contribution in [0.2, 0.25) is 0 Å². The molecule has 0 fully saturated rings. The zero-order chi connectivity index (χ0) is 13.8. The van der Waals surface area contributed by atoms with Crippen LogP contribution in [0.4, 0.5) is 5.69 Å². The van der Waals surface area contributed by atoms with Gasteiger partial charge < -0.3 is 10.0 Å². The molecule has 1 amide bonds. The van der Waals surface area contributed by atoms with Crippen LogP contribution in [0.5, 0.6) is 0 Å². The summed E-state index contributed by atoms with van der Waals surface area (Å²) in [5.41, 5.74) is 2.50. The molecule has 0 aliphatic carbocycles. The Morgan fingerprint density at radius 2 is 1.63 bits per heavy atom. The second kappa shape index (κ2) is 5.67. The van der Waals surface area contributed by atoms with Gasteiger partial charge in [-0.15, -0.1) is 0 Å². The van der Waals surface area contributed by atoms with Crippen molar-refractivity contribution in [2.24, 2.45) is 0 Å². The fourth-order valence-corrected chi connectivity index (χ4v) is 1.86. The Morgan fingerprint density at radius 3 is 2.21 bits per heavy atom. The predicted molar refractivity (Wildman–Crippen MR) is 76.0 cm³/mol. The Kier molecular flexibility index (Phi) is 3.97. The fourth-order valence-electron chi connectivity index (χ4n) is 1.86. The summed E-state index contributed by atoms with van der Waals surface area (Å²) in [4.78, 5) is 13.7. The fraction of sp³-hybridized carbons (Fsp3) is 0.188. The van der Waals surface area contributed by atoms with E-state index < -0.39 is 6.10 Å². The minimum atomic E-state index is -1.13. The van der Waals surface area contributed by atoms with Gasteiger partial charge in [-0.3, -0.25) is 4.79 Å². The number of aliphatic hydroxyl groups is 1. The van der Waals surface area contributed by atoms with Gasteiger partial charge in [-0.25, -0.2) is 0 Å². The lowest BCUT2D eigenvalue weighted by atomic mass is 10.1. The Balaban J connectivity index is 2.17. The SMILES string of the molecule is Cc1ccc(N(C)C(=O)C(O)c2ccccc2)cc1. The molecule has 0 saturated carbocycles. The van der Waals surface area contributed by atoms with Crippen LogP contribution in [0, 0.1) is 6.92 Å². The summed E-state index contributed by atoms with van der Waals surface area (Å²) in [5.74, 6) is -0.338. The third-order valence-corrected chi connectivity index (χ3v) is 3.10. The molecule has 1 unspecified atom stereocenters. The molecule has 0 aliphatic heterocycles. The summed E-state index contributed by atoms with van der Waals surface area (Å²) in [6.45, 7) is 1.99. The summed E-state index contributed by atoms with van der Waals surface area (Å²) < 4.78 is 0. The van der Waals surface area contributed by atoms with E-state index in [-0.39, 0.29) is 5.91 Å². The molecule has 2 aromatic carbocycles. The smallest absolute Gasteiger partial charge is 0.260 e. The standard InChI is InChI=1S/C16H17NO2/c1-12-8-10-14(11-9-12)17(2)16(19)15(18)13-6-4-3-5-7-13/h3-11,15,18H,1-2H3. The molecule has 0 bridgehead atoms. The number of aliphatic hydroxyl groups excluding tert-OH is 1. The zero-order valence-electron chi connectivity index (χ0n) is 11.1. The van der Waals surface area contributed by atoms with Crippen LogP contribution in [-0.4, -0.2) is 18.1 Å². The first-order valence-electron chi connectivity index (χ1n) is 6.17. The lowest BCUT2D eigenvalue weighted by Crippen LogP contribution is -2.31. The van der Waals surface area contributed by atoms with Crippen LogP contribution in [0.25, 0.3) is 0 Å². The lowest BCUT2D eigenvalue weighted by Gasteiger charge is -2.21. The molecular formula is C16H17NO2. The van der Waals surface area contributed by atoms with E-state index in [2.05, 4.69) is 0 Å². The van der Waals surface area contributed by atoms with E-state index in [1.54, 1.807) is 31.3 Å². The van der Waals surface area contributed by atoms with Gasteiger partial charge in [0.15, 0.2) is 6.10 Å². The maximum atomic E-state index is 12.2. The number of hydrogen-bond acceptors (Lipinski definition) is 2. The molecule has 1 atom stereocenters. The minimum absolute atomic E-state index is 0.338. The highest BCUT2D eigenvalue weighted by Crippen LogP contribution is 2.20. The van der Waals surface area contributed by atoms with Crippen molar-refractivity contribution < 1.29 is 9.90 Å². The largest absolute Gasteiger partial charge is 0.378 e. The van der Waals surface area contributed by atoms with Gasteiger partial charge in [-0.05, 0) is 24.6 Å². The molecule has 3 heteroatoms. The number of nitrogens with zero attached hydrogens (tertiary/aromatic N) is 1. The third-order valence-electron chi connectivity index (χ3n) is 3.10. The molecule has 2 aromatic rings. The average Bonchev–Trinajstić information content (AvgIpc) is 2.46. The van der Waals surface area contributed by atoms with Crippen LogP contribution in [0.1, 0.15) is 17.2 Å². The van der Waals surface area contributed by atoms with Crippen molar-refractivity contribution in [3.05, 3.63) is 65.7 Å². The Labute approximate surface area is 113 Å². The molecule has 3 nitrogen and oxygen atoms in total. The number of hydrogen-bond donors (Lipinski definition) is 1. The van der Waals surface area contributed by atoms with E-state index in [0.29, 0.717) is 5.56 Å². The summed E-state index contributed by atoms with van der Waals surface area (Å²) in [7, 11) is 1.67. The molecule has 98 valence electrons. The number of likely N-dealkylation sites (N-methyl/N-ethyl adjacent to an activating group) is 1. The van der Waals surface area contributed by atoms with Crippen molar-refractivity contribution in [1.29, 1.82) is 0 Å². The van der Waals surface area contributed by atoms with Gasteiger partial charge in [0, 0.05) is 12.7 Å². The van der Waals surface area contributed by atoms with Gasteiger partial charge in [0.1, 0.15) is 0 Å². The molecule has 2 rings (SSSR count). The summed E-state index contributed by atoms with van der Waals surface area (Å²) >= 11 is 0. The number of carbonyl (C=O) groups is 1.